The molecule has 0 unspecified atom stereocenters. The van der Waals surface area contributed by atoms with E-state index in [9.17, 15) is 26.4 Å². The smallest absolute Gasteiger partial charge is 0.417 e. The quantitative estimate of drug-likeness (QED) is 0.686. The molecular formula is C16H13BrF3NO4S. The number of halogens is 4. The highest BCUT2D eigenvalue weighted by atomic mass is 79.9. The fourth-order valence-electron chi connectivity index (χ4n) is 2.11. The van der Waals surface area contributed by atoms with E-state index in [1.807, 2.05) is 0 Å². The SMILES string of the molecule is O=C(O)CCc1ccc(S(=O)(=O)Nc2ccc(Br)c(C(F)(F)F)c2)cc1. The maximum absolute atomic E-state index is 12.9. The first-order valence-corrected chi connectivity index (χ1v) is 9.47. The van der Waals surface area contributed by atoms with Crippen molar-refractivity contribution in [3.63, 3.8) is 0 Å². The highest BCUT2D eigenvalue weighted by Crippen LogP contribution is 2.36. The van der Waals surface area contributed by atoms with Crippen molar-refractivity contribution in [1.82, 2.24) is 0 Å². The summed E-state index contributed by atoms with van der Waals surface area (Å²) in [5.74, 6) is -0.973. The minimum Gasteiger partial charge on any atom is -0.481 e. The van der Waals surface area contributed by atoms with Crippen molar-refractivity contribution < 1.29 is 31.5 Å². The van der Waals surface area contributed by atoms with Crippen molar-refractivity contribution in [2.24, 2.45) is 0 Å². The molecule has 26 heavy (non-hydrogen) atoms. The number of alkyl halides is 3. The molecular weight excluding hydrogens is 439 g/mol. The summed E-state index contributed by atoms with van der Waals surface area (Å²) in [5.41, 5.74) is -0.591. The van der Waals surface area contributed by atoms with Crippen molar-refractivity contribution in [1.29, 1.82) is 0 Å². The number of hydrogen-bond acceptors (Lipinski definition) is 3. The van der Waals surface area contributed by atoms with Gasteiger partial charge in [0.15, 0.2) is 0 Å². The van der Waals surface area contributed by atoms with Crippen LogP contribution in [0.25, 0.3) is 0 Å². The predicted octanol–water partition coefficient (Wildman–Crippen LogP) is 4.29. The van der Waals surface area contributed by atoms with Crippen LogP contribution in [0.1, 0.15) is 17.5 Å². The Bertz CT molecular complexity index is 912. The molecule has 0 heterocycles. The summed E-state index contributed by atoms with van der Waals surface area (Å²) in [6, 6.07) is 8.46. The van der Waals surface area contributed by atoms with Crippen LogP contribution in [0.5, 0.6) is 0 Å². The van der Waals surface area contributed by atoms with Gasteiger partial charge in [0.1, 0.15) is 0 Å². The maximum Gasteiger partial charge on any atom is 0.417 e. The lowest BCUT2D eigenvalue weighted by molar-refractivity contribution is -0.138. The Balaban J connectivity index is 2.22. The Labute approximate surface area is 156 Å². The summed E-state index contributed by atoms with van der Waals surface area (Å²) in [4.78, 5) is 10.4. The Morgan fingerprint density at radius 3 is 2.27 bits per heavy atom. The number of nitrogens with one attached hydrogen (secondary N) is 1. The molecule has 0 saturated carbocycles. The number of aliphatic carboxylic acids is 1. The number of carbonyl (C=O) groups is 1. The first kappa shape index (κ1) is 20.2. The highest BCUT2D eigenvalue weighted by molar-refractivity contribution is 9.10. The van der Waals surface area contributed by atoms with Crippen LogP contribution in [0.15, 0.2) is 51.8 Å². The van der Waals surface area contributed by atoms with Crippen molar-refractivity contribution in [3.05, 3.63) is 58.1 Å². The van der Waals surface area contributed by atoms with Crippen LogP contribution in [-0.4, -0.2) is 19.5 Å². The molecule has 5 nitrogen and oxygen atoms in total. The van der Waals surface area contributed by atoms with E-state index in [0.717, 1.165) is 6.07 Å². The third-order valence-electron chi connectivity index (χ3n) is 3.39. The van der Waals surface area contributed by atoms with E-state index in [4.69, 9.17) is 5.11 Å². The van der Waals surface area contributed by atoms with E-state index >= 15 is 0 Å². The molecule has 2 rings (SSSR count). The average Bonchev–Trinajstić information content (AvgIpc) is 2.54. The van der Waals surface area contributed by atoms with Crippen molar-refractivity contribution in [3.8, 4) is 0 Å². The van der Waals surface area contributed by atoms with E-state index in [2.05, 4.69) is 20.7 Å². The van der Waals surface area contributed by atoms with Crippen LogP contribution in [0, 0.1) is 0 Å². The van der Waals surface area contributed by atoms with E-state index in [1.54, 1.807) is 0 Å². The van der Waals surface area contributed by atoms with Gasteiger partial charge >= 0.3 is 12.1 Å². The summed E-state index contributed by atoms with van der Waals surface area (Å²) in [5, 5.41) is 8.63. The van der Waals surface area contributed by atoms with E-state index in [1.165, 1.54) is 30.3 Å². The molecule has 0 saturated heterocycles. The molecule has 2 aromatic rings. The first-order chi connectivity index (χ1) is 12.0. The van der Waals surface area contributed by atoms with Gasteiger partial charge in [0.2, 0.25) is 0 Å². The lowest BCUT2D eigenvalue weighted by atomic mass is 10.1. The lowest BCUT2D eigenvalue weighted by Crippen LogP contribution is -2.14. The second kappa shape index (κ2) is 7.67. The van der Waals surface area contributed by atoms with Crippen LogP contribution >= 0.6 is 15.9 Å². The van der Waals surface area contributed by atoms with Crippen LogP contribution < -0.4 is 4.72 Å². The van der Waals surface area contributed by atoms with Gasteiger partial charge in [0.25, 0.3) is 10.0 Å². The van der Waals surface area contributed by atoms with Gasteiger partial charge in [-0.1, -0.05) is 28.1 Å². The standard InChI is InChI=1S/C16H13BrF3NO4S/c17-14-7-4-11(9-13(14)16(18,19)20)21-26(24,25)12-5-1-10(2-6-12)3-8-15(22)23/h1-2,4-7,9,21H,3,8H2,(H,22,23). The second-order valence-corrected chi connectivity index (χ2v) is 7.87. The van der Waals surface area contributed by atoms with Gasteiger partial charge in [-0.2, -0.15) is 13.2 Å². The summed E-state index contributed by atoms with van der Waals surface area (Å²) in [6.45, 7) is 0. The molecule has 0 aliphatic heterocycles. The molecule has 0 fully saturated rings. The van der Waals surface area contributed by atoms with E-state index in [-0.39, 0.29) is 27.9 Å². The van der Waals surface area contributed by atoms with Gasteiger partial charge in [0, 0.05) is 16.6 Å². The summed E-state index contributed by atoms with van der Waals surface area (Å²) in [7, 11) is -4.09. The minimum atomic E-state index is -4.63. The van der Waals surface area contributed by atoms with Crippen molar-refractivity contribution in [2.75, 3.05) is 4.72 Å². The van der Waals surface area contributed by atoms with Crippen LogP contribution in [0.4, 0.5) is 18.9 Å². The highest BCUT2D eigenvalue weighted by Gasteiger charge is 2.33. The molecule has 2 N–H and O–H groups in total. The number of sulfonamides is 1. The Morgan fingerprint density at radius 1 is 1.12 bits per heavy atom. The van der Waals surface area contributed by atoms with Crippen molar-refractivity contribution in [2.45, 2.75) is 23.9 Å². The number of hydrogen-bond donors (Lipinski definition) is 2. The minimum absolute atomic E-state index is 0.0938. The molecule has 0 bridgehead atoms. The fourth-order valence-corrected chi connectivity index (χ4v) is 3.63. The monoisotopic (exact) mass is 451 g/mol. The lowest BCUT2D eigenvalue weighted by Gasteiger charge is -2.13. The summed E-state index contributed by atoms with van der Waals surface area (Å²) in [6.07, 6.45) is -4.49. The summed E-state index contributed by atoms with van der Waals surface area (Å²) < 4.78 is 65.3. The Hall–Kier alpha value is -2.07. The molecule has 0 radical (unpaired) electrons. The van der Waals surface area contributed by atoms with Gasteiger partial charge in [-0.15, -0.1) is 0 Å². The number of benzene rings is 2. The van der Waals surface area contributed by atoms with Gasteiger partial charge in [-0.25, -0.2) is 8.42 Å². The van der Waals surface area contributed by atoms with Crippen LogP contribution in [-0.2, 0) is 27.4 Å². The van der Waals surface area contributed by atoms with Gasteiger partial charge in [-0.05, 0) is 42.3 Å². The molecule has 2 aromatic carbocycles. The summed E-state index contributed by atoms with van der Waals surface area (Å²) >= 11 is 2.78. The van der Waals surface area contributed by atoms with E-state index in [0.29, 0.717) is 11.6 Å². The molecule has 0 aromatic heterocycles. The zero-order valence-electron chi connectivity index (χ0n) is 13.0. The third kappa shape index (κ3) is 5.21. The molecule has 10 heteroatoms. The number of carboxylic acids is 1. The molecule has 0 spiro atoms. The number of rotatable bonds is 6. The predicted molar refractivity (Wildman–Crippen MR) is 92.4 cm³/mol. The zero-order chi connectivity index (χ0) is 19.5. The number of anilines is 1. The van der Waals surface area contributed by atoms with Gasteiger partial charge in [0.05, 0.1) is 10.5 Å². The molecule has 0 atom stereocenters. The van der Waals surface area contributed by atoms with Crippen molar-refractivity contribution >= 4 is 37.6 Å². The topological polar surface area (TPSA) is 83.5 Å². The first-order valence-electron chi connectivity index (χ1n) is 7.19. The largest absolute Gasteiger partial charge is 0.481 e. The zero-order valence-corrected chi connectivity index (χ0v) is 15.5. The van der Waals surface area contributed by atoms with Gasteiger partial charge in [-0.3, -0.25) is 9.52 Å². The third-order valence-corrected chi connectivity index (χ3v) is 5.47. The number of carboxylic acid groups (broad SMARTS) is 1. The maximum atomic E-state index is 12.9. The molecule has 0 amide bonds. The second-order valence-electron chi connectivity index (χ2n) is 5.34. The molecule has 0 aliphatic carbocycles. The fraction of sp³-hybridized carbons (Fsp3) is 0.188. The van der Waals surface area contributed by atoms with Crippen LogP contribution in [0.3, 0.4) is 0 Å². The van der Waals surface area contributed by atoms with Crippen LogP contribution in [0.2, 0.25) is 0 Å². The van der Waals surface area contributed by atoms with E-state index < -0.39 is 27.7 Å². The van der Waals surface area contributed by atoms with Gasteiger partial charge < -0.3 is 5.11 Å². The Morgan fingerprint density at radius 2 is 1.73 bits per heavy atom. The molecule has 0 aliphatic rings. The normalized spacial score (nSPS) is 12.0. The average molecular weight is 452 g/mol. The number of aryl methyl sites for hydroxylation is 1. The Kier molecular flexibility index (Phi) is 5.97. The molecule has 140 valence electrons.